The van der Waals surface area contributed by atoms with E-state index in [4.69, 9.17) is 20.6 Å². The first-order valence-electron chi connectivity index (χ1n) is 10.4. The minimum atomic E-state index is -3.73. The van der Waals surface area contributed by atoms with E-state index < -0.39 is 13.2 Å². The van der Waals surface area contributed by atoms with Gasteiger partial charge in [-0.1, -0.05) is 66.2 Å². The summed E-state index contributed by atoms with van der Waals surface area (Å²) in [6, 6.07) is 23.4. The highest BCUT2D eigenvalue weighted by Crippen LogP contribution is 2.46. The van der Waals surface area contributed by atoms with Gasteiger partial charge in [0.1, 0.15) is 5.30 Å². The number of rotatable bonds is 7. The molecule has 0 aliphatic carbocycles. The highest BCUT2D eigenvalue weighted by molar-refractivity contribution is 7.62. The van der Waals surface area contributed by atoms with Crippen LogP contribution >= 0.6 is 19.2 Å². The van der Waals surface area contributed by atoms with E-state index in [0.717, 1.165) is 22.3 Å². The van der Waals surface area contributed by atoms with Gasteiger partial charge in [0.25, 0.3) is 5.56 Å². The molecule has 0 fully saturated rings. The van der Waals surface area contributed by atoms with E-state index in [1.54, 1.807) is 26.0 Å². The van der Waals surface area contributed by atoms with Crippen LogP contribution in [0.3, 0.4) is 0 Å². The Morgan fingerprint density at radius 1 is 0.844 bits per heavy atom. The van der Waals surface area contributed by atoms with Gasteiger partial charge in [0.15, 0.2) is 0 Å². The van der Waals surface area contributed by atoms with Crippen molar-refractivity contribution in [1.29, 1.82) is 0 Å². The predicted molar refractivity (Wildman–Crippen MR) is 131 cm³/mol. The lowest BCUT2D eigenvalue weighted by Crippen LogP contribution is -2.29. The number of fused-ring (bicyclic) bond motifs is 1. The van der Waals surface area contributed by atoms with Crippen molar-refractivity contribution in [2.24, 2.45) is 0 Å². The van der Waals surface area contributed by atoms with E-state index in [9.17, 15) is 9.36 Å². The zero-order valence-electron chi connectivity index (χ0n) is 17.8. The molecule has 3 aromatic carbocycles. The number of aromatic nitrogens is 1. The van der Waals surface area contributed by atoms with Gasteiger partial charge in [-0.05, 0) is 54.1 Å². The molecule has 7 heteroatoms. The van der Waals surface area contributed by atoms with E-state index in [2.05, 4.69) is 17.1 Å². The molecule has 1 heterocycles. The lowest BCUT2D eigenvalue weighted by atomic mass is 9.99. The van der Waals surface area contributed by atoms with Gasteiger partial charge in [-0.2, -0.15) is 0 Å². The molecule has 4 aromatic rings. The summed E-state index contributed by atoms with van der Waals surface area (Å²) in [5, 5.41) is 1.18. The fourth-order valence-electron chi connectivity index (χ4n) is 3.63. The van der Waals surface area contributed by atoms with E-state index in [-0.39, 0.29) is 18.5 Å². The Balaban J connectivity index is 1.79. The number of nitrogens with one attached hydrogen (secondary N) is 1. The Hall–Kier alpha value is -2.69. The second-order valence-corrected chi connectivity index (χ2v) is 9.58. The van der Waals surface area contributed by atoms with Crippen LogP contribution in [0.2, 0.25) is 5.02 Å². The summed E-state index contributed by atoms with van der Waals surface area (Å²) in [4.78, 5) is 15.4. The fraction of sp³-hybridized carbons (Fsp3) is 0.160. The van der Waals surface area contributed by atoms with Crippen molar-refractivity contribution < 1.29 is 13.6 Å². The normalized spacial score (nSPS) is 11.7. The van der Waals surface area contributed by atoms with Crippen molar-refractivity contribution in [2.45, 2.75) is 13.8 Å². The number of aromatic amines is 1. The van der Waals surface area contributed by atoms with Gasteiger partial charge in [-0.25, -0.2) is 0 Å². The van der Waals surface area contributed by atoms with Crippen LogP contribution in [0.15, 0.2) is 77.6 Å². The average molecular weight is 468 g/mol. The molecule has 0 aliphatic heterocycles. The molecule has 0 radical (unpaired) electrons. The maximum absolute atomic E-state index is 13.2. The zero-order valence-corrected chi connectivity index (χ0v) is 19.5. The Labute approximate surface area is 191 Å². The van der Waals surface area contributed by atoms with Crippen LogP contribution in [-0.4, -0.2) is 18.2 Å². The molecule has 1 N–H and O–H groups in total. The van der Waals surface area contributed by atoms with Crippen LogP contribution in [0.5, 0.6) is 0 Å². The van der Waals surface area contributed by atoms with Gasteiger partial charge in [-0.3, -0.25) is 9.36 Å². The summed E-state index contributed by atoms with van der Waals surface area (Å²) < 4.78 is 23.9. The largest absolute Gasteiger partial charge is 0.366 e. The summed E-state index contributed by atoms with van der Waals surface area (Å²) in [7, 11) is -3.73. The summed E-state index contributed by atoms with van der Waals surface area (Å²) in [5.74, 6) is 0. The first-order chi connectivity index (χ1) is 15.4. The van der Waals surface area contributed by atoms with Crippen molar-refractivity contribution in [3.05, 3.63) is 88.2 Å². The summed E-state index contributed by atoms with van der Waals surface area (Å²) >= 11 is 6.55. The lowest BCUT2D eigenvalue weighted by Gasteiger charge is -2.17. The second kappa shape index (κ2) is 9.43. The molecule has 0 spiro atoms. The molecular formula is C25H23ClNO4P. The van der Waals surface area contributed by atoms with Crippen LogP contribution in [0, 0.1) is 0 Å². The van der Waals surface area contributed by atoms with Gasteiger partial charge in [0.2, 0.25) is 0 Å². The molecule has 0 bridgehead atoms. The summed E-state index contributed by atoms with van der Waals surface area (Å²) in [5.41, 5.74) is 4.01. The highest BCUT2D eigenvalue weighted by Gasteiger charge is 2.30. The Bertz CT molecular complexity index is 1340. The van der Waals surface area contributed by atoms with Gasteiger partial charge < -0.3 is 14.0 Å². The molecule has 4 rings (SSSR count). The summed E-state index contributed by atoms with van der Waals surface area (Å²) in [6.45, 7) is 3.73. The van der Waals surface area contributed by atoms with Crippen LogP contribution in [-0.2, 0) is 13.6 Å². The fourth-order valence-corrected chi connectivity index (χ4v) is 5.54. The van der Waals surface area contributed by atoms with Crippen molar-refractivity contribution in [3.63, 3.8) is 0 Å². The summed E-state index contributed by atoms with van der Waals surface area (Å²) in [6.07, 6.45) is 0. The van der Waals surface area contributed by atoms with E-state index in [0.29, 0.717) is 15.9 Å². The average Bonchev–Trinajstić information content (AvgIpc) is 2.79. The monoisotopic (exact) mass is 467 g/mol. The standard InChI is InChI=1S/C25H23ClNO4P/c1-3-30-32(29,31-4-2)24-15-20-14-21(22(26)16-23(20)27-25(24)28)19-12-10-18(11-13-19)17-8-6-5-7-9-17/h5-16H,3-4H2,1-2H3,(H,27,28). The third-order valence-electron chi connectivity index (χ3n) is 5.11. The molecule has 164 valence electrons. The van der Waals surface area contributed by atoms with Gasteiger partial charge in [0.05, 0.1) is 18.2 Å². The Kier molecular flexibility index (Phi) is 6.63. The maximum atomic E-state index is 13.2. The van der Waals surface area contributed by atoms with Gasteiger partial charge in [0, 0.05) is 11.1 Å². The number of hydrogen-bond donors (Lipinski definition) is 1. The van der Waals surface area contributed by atoms with Crippen molar-refractivity contribution in [1.82, 2.24) is 4.98 Å². The highest BCUT2D eigenvalue weighted by atomic mass is 35.5. The van der Waals surface area contributed by atoms with E-state index in [1.165, 1.54) is 0 Å². The molecular weight excluding hydrogens is 445 g/mol. The SMILES string of the molecule is CCOP(=O)(OCC)c1cc2cc(-c3ccc(-c4ccccc4)cc3)c(Cl)cc2[nH]c1=O. The van der Waals surface area contributed by atoms with Crippen molar-refractivity contribution >= 4 is 35.4 Å². The topological polar surface area (TPSA) is 68.4 Å². The molecule has 0 saturated carbocycles. The van der Waals surface area contributed by atoms with E-state index in [1.807, 2.05) is 48.5 Å². The Morgan fingerprint density at radius 2 is 1.44 bits per heavy atom. The minimum absolute atomic E-state index is 0.0126. The third-order valence-corrected chi connectivity index (χ3v) is 7.54. The number of hydrogen-bond acceptors (Lipinski definition) is 4. The predicted octanol–water partition coefficient (Wildman–Crippen LogP) is 6.41. The number of H-pyrrole nitrogens is 1. The van der Waals surface area contributed by atoms with Crippen LogP contribution in [0.1, 0.15) is 13.8 Å². The first kappa shape index (κ1) is 22.5. The number of pyridine rings is 1. The lowest BCUT2D eigenvalue weighted by molar-refractivity contribution is 0.229. The third kappa shape index (κ3) is 4.43. The molecule has 32 heavy (non-hydrogen) atoms. The van der Waals surface area contributed by atoms with Crippen molar-refractivity contribution in [2.75, 3.05) is 13.2 Å². The molecule has 0 unspecified atom stereocenters. The van der Waals surface area contributed by atoms with Gasteiger partial charge >= 0.3 is 7.60 Å². The minimum Gasteiger partial charge on any atom is -0.321 e. The molecule has 5 nitrogen and oxygen atoms in total. The van der Waals surface area contributed by atoms with Gasteiger partial charge in [-0.15, -0.1) is 0 Å². The van der Waals surface area contributed by atoms with Crippen LogP contribution in [0.25, 0.3) is 33.2 Å². The number of halogens is 1. The molecule has 0 amide bonds. The molecule has 0 aliphatic rings. The smallest absolute Gasteiger partial charge is 0.321 e. The van der Waals surface area contributed by atoms with E-state index >= 15 is 0 Å². The Morgan fingerprint density at radius 3 is 2.06 bits per heavy atom. The number of benzene rings is 3. The molecule has 1 aromatic heterocycles. The maximum Gasteiger partial charge on any atom is 0.366 e. The van der Waals surface area contributed by atoms with Crippen LogP contribution in [0.4, 0.5) is 0 Å². The molecule has 0 saturated heterocycles. The second-order valence-electron chi connectivity index (χ2n) is 7.18. The van der Waals surface area contributed by atoms with Crippen molar-refractivity contribution in [3.8, 4) is 22.3 Å². The first-order valence-corrected chi connectivity index (χ1v) is 12.3. The zero-order chi connectivity index (χ0) is 22.7. The quantitative estimate of drug-likeness (QED) is 0.319. The molecule has 0 atom stereocenters. The van der Waals surface area contributed by atoms with Crippen LogP contribution < -0.4 is 10.9 Å².